The van der Waals surface area contributed by atoms with Crippen LogP contribution in [0.1, 0.15) is 36.2 Å². The number of carbonyl (C=O) groups excluding carboxylic acids is 1. The molecule has 2 atom stereocenters. The monoisotopic (exact) mass is 451 g/mol. The molecule has 2 aromatic rings. The van der Waals surface area contributed by atoms with Gasteiger partial charge in [-0.3, -0.25) is 9.69 Å². The zero-order valence-corrected chi connectivity index (χ0v) is 18.2. The van der Waals surface area contributed by atoms with E-state index < -0.39 is 10.0 Å². The Morgan fingerprint density at radius 1 is 1.03 bits per heavy atom. The lowest BCUT2D eigenvalue weighted by Crippen LogP contribution is -2.58. The lowest BCUT2D eigenvalue weighted by atomic mass is 9.89. The number of halogens is 1. The Kier molecular flexibility index (Phi) is 6.48. The van der Waals surface area contributed by atoms with Crippen molar-refractivity contribution >= 4 is 27.5 Å². The van der Waals surface area contributed by atoms with Crippen molar-refractivity contribution in [1.82, 2.24) is 14.5 Å². The van der Waals surface area contributed by atoms with Crippen LogP contribution in [-0.4, -0.2) is 62.4 Å². The smallest absolute Gasteiger partial charge is 0.289 e. The molecule has 1 aliphatic heterocycles. The summed E-state index contributed by atoms with van der Waals surface area (Å²) in [6.07, 6.45) is 5.34. The molecule has 1 saturated carbocycles. The molecule has 4 rings (SSSR count). The van der Waals surface area contributed by atoms with Gasteiger partial charge in [-0.05, 0) is 49.2 Å². The molecular formula is C21H26ClN3O4S. The van der Waals surface area contributed by atoms with E-state index in [4.69, 9.17) is 16.0 Å². The molecule has 1 aliphatic carbocycles. The summed E-state index contributed by atoms with van der Waals surface area (Å²) in [5, 5.41) is 0.506. The van der Waals surface area contributed by atoms with Crippen molar-refractivity contribution in [1.29, 1.82) is 0 Å². The number of nitrogens with zero attached hydrogens (tertiary/aromatic N) is 2. The number of amides is 1. The number of hydrogen-bond acceptors (Lipinski definition) is 5. The summed E-state index contributed by atoms with van der Waals surface area (Å²) in [7, 11) is -3.61. The van der Waals surface area contributed by atoms with Gasteiger partial charge in [0.1, 0.15) is 0 Å². The number of sulfonamides is 1. The molecule has 1 amide bonds. The first-order chi connectivity index (χ1) is 14.4. The molecule has 2 fully saturated rings. The minimum atomic E-state index is -3.61. The highest BCUT2D eigenvalue weighted by Crippen LogP contribution is 2.26. The van der Waals surface area contributed by atoms with Gasteiger partial charge in [0, 0.05) is 43.3 Å². The zero-order chi connectivity index (χ0) is 21.1. The van der Waals surface area contributed by atoms with Crippen LogP contribution in [0.15, 0.2) is 52.0 Å². The predicted molar refractivity (Wildman–Crippen MR) is 114 cm³/mol. The summed E-state index contributed by atoms with van der Waals surface area (Å²) in [5.41, 5.74) is 0. The molecule has 0 bridgehead atoms. The minimum Gasteiger partial charge on any atom is -0.459 e. The van der Waals surface area contributed by atoms with Crippen molar-refractivity contribution in [2.24, 2.45) is 0 Å². The fourth-order valence-corrected chi connectivity index (χ4v) is 5.81. The van der Waals surface area contributed by atoms with Crippen LogP contribution < -0.4 is 4.72 Å². The summed E-state index contributed by atoms with van der Waals surface area (Å²) in [4.78, 5) is 16.8. The van der Waals surface area contributed by atoms with Gasteiger partial charge in [-0.1, -0.05) is 24.4 Å². The number of piperazine rings is 1. The van der Waals surface area contributed by atoms with Gasteiger partial charge in [0.25, 0.3) is 5.91 Å². The standard InChI is InChI=1S/C21H26ClN3O4S/c22-16-7-9-17(10-8-16)30(27,28)23-18-4-1-2-5-19(18)24-11-13-25(14-12-24)21(26)20-6-3-15-29-20/h3,6-10,15,18-19,23H,1-2,4-5,11-14H2/t18-,19-/m1/s1. The Morgan fingerprint density at radius 2 is 1.73 bits per heavy atom. The van der Waals surface area contributed by atoms with Crippen molar-refractivity contribution in [3.63, 3.8) is 0 Å². The second-order valence-corrected chi connectivity index (χ2v) is 9.99. The van der Waals surface area contributed by atoms with E-state index in [9.17, 15) is 13.2 Å². The van der Waals surface area contributed by atoms with Crippen LogP contribution in [0, 0.1) is 0 Å². The quantitative estimate of drug-likeness (QED) is 0.755. The summed E-state index contributed by atoms with van der Waals surface area (Å²) in [6, 6.07) is 9.60. The number of nitrogens with one attached hydrogen (secondary N) is 1. The Morgan fingerprint density at radius 3 is 2.40 bits per heavy atom. The molecule has 1 aromatic heterocycles. The van der Waals surface area contributed by atoms with Gasteiger partial charge in [-0.25, -0.2) is 13.1 Å². The molecular weight excluding hydrogens is 426 g/mol. The first kappa shape index (κ1) is 21.4. The maximum Gasteiger partial charge on any atom is 0.289 e. The highest BCUT2D eigenvalue weighted by molar-refractivity contribution is 7.89. The van der Waals surface area contributed by atoms with Crippen molar-refractivity contribution in [2.45, 2.75) is 42.7 Å². The molecule has 1 aromatic carbocycles. The molecule has 0 unspecified atom stereocenters. The molecule has 9 heteroatoms. The highest BCUT2D eigenvalue weighted by Gasteiger charge is 2.35. The second-order valence-electron chi connectivity index (χ2n) is 7.84. The summed E-state index contributed by atoms with van der Waals surface area (Å²) >= 11 is 5.89. The van der Waals surface area contributed by atoms with Gasteiger partial charge >= 0.3 is 0 Å². The summed E-state index contributed by atoms with van der Waals surface area (Å²) in [5.74, 6) is 0.262. The Labute approximate surface area is 182 Å². The predicted octanol–water partition coefficient (Wildman–Crippen LogP) is 2.98. The molecule has 162 valence electrons. The molecule has 7 nitrogen and oxygen atoms in total. The minimum absolute atomic E-state index is 0.0942. The third-order valence-electron chi connectivity index (χ3n) is 5.96. The van der Waals surface area contributed by atoms with E-state index in [2.05, 4.69) is 9.62 Å². The molecule has 0 spiro atoms. The Bertz CT molecular complexity index is 955. The normalized spacial score (nSPS) is 23.4. The van der Waals surface area contributed by atoms with Crippen molar-refractivity contribution in [3.05, 3.63) is 53.4 Å². The first-order valence-electron chi connectivity index (χ1n) is 10.3. The topological polar surface area (TPSA) is 82.9 Å². The molecule has 2 aliphatic rings. The van der Waals surface area contributed by atoms with Crippen molar-refractivity contribution in [2.75, 3.05) is 26.2 Å². The van der Waals surface area contributed by atoms with E-state index in [-0.39, 0.29) is 22.9 Å². The van der Waals surface area contributed by atoms with Crippen LogP contribution >= 0.6 is 11.6 Å². The number of furan rings is 1. The average Bonchev–Trinajstić information content (AvgIpc) is 3.29. The van der Waals surface area contributed by atoms with E-state index in [1.807, 2.05) is 0 Å². The van der Waals surface area contributed by atoms with Crippen LogP contribution in [0.3, 0.4) is 0 Å². The lowest BCUT2D eigenvalue weighted by molar-refractivity contribution is 0.0455. The number of carbonyl (C=O) groups is 1. The van der Waals surface area contributed by atoms with Crippen LogP contribution in [0.2, 0.25) is 5.02 Å². The largest absolute Gasteiger partial charge is 0.459 e. The number of rotatable bonds is 5. The lowest BCUT2D eigenvalue weighted by Gasteiger charge is -2.44. The van der Waals surface area contributed by atoms with Crippen molar-refractivity contribution < 1.29 is 17.6 Å². The second kappa shape index (κ2) is 9.09. The van der Waals surface area contributed by atoms with E-state index >= 15 is 0 Å². The molecule has 0 radical (unpaired) electrons. The van der Waals surface area contributed by atoms with Crippen LogP contribution in [-0.2, 0) is 10.0 Å². The molecule has 1 saturated heterocycles. The van der Waals surface area contributed by atoms with Gasteiger partial charge in [0.2, 0.25) is 10.0 Å². The van der Waals surface area contributed by atoms with Gasteiger partial charge in [0.15, 0.2) is 5.76 Å². The average molecular weight is 452 g/mol. The maximum atomic E-state index is 12.9. The number of benzene rings is 1. The van der Waals surface area contributed by atoms with Gasteiger partial charge in [-0.2, -0.15) is 0 Å². The third-order valence-corrected chi connectivity index (χ3v) is 7.72. The van der Waals surface area contributed by atoms with Crippen LogP contribution in [0.5, 0.6) is 0 Å². The van der Waals surface area contributed by atoms with Gasteiger partial charge < -0.3 is 9.32 Å². The fraction of sp³-hybridized carbons (Fsp3) is 0.476. The van der Waals surface area contributed by atoms with Gasteiger partial charge in [0.05, 0.1) is 11.2 Å². The van der Waals surface area contributed by atoms with E-state index in [1.54, 1.807) is 29.2 Å². The molecule has 2 heterocycles. The summed E-state index contributed by atoms with van der Waals surface area (Å²) in [6.45, 7) is 2.64. The first-order valence-corrected chi connectivity index (χ1v) is 12.1. The van der Waals surface area contributed by atoms with E-state index in [0.717, 1.165) is 38.8 Å². The highest BCUT2D eigenvalue weighted by atomic mass is 35.5. The molecule has 1 N–H and O–H groups in total. The summed E-state index contributed by atoms with van der Waals surface area (Å²) < 4.78 is 33.9. The van der Waals surface area contributed by atoms with Crippen LogP contribution in [0.4, 0.5) is 0 Å². The Balaban J connectivity index is 1.40. The number of hydrogen-bond donors (Lipinski definition) is 1. The van der Waals surface area contributed by atoms with Crippen LogP contribution in [0.25, 0.3) is 0 Å². The van der Waals surface area contributed by atoms with Gasteiger partial charge in [-0.15, -0.1) is 0 Å². The third kappa shape index (κ3) is 4.72. The Hall–Kier alpha value is -1.87. The SMILES string of the molecule is O=C(c1ccco1)N1CCN([C@@H]2CCCC[C@H]2NS(=O)(=O)c2ccc(Cl)cc2)CC1. The van der Waals surface area contributed by atoms with Crippen molar-refractivity contribution in [3.8, 4) is 0 Å². The zero-order valence-electron chi connectivity index (χ0n) is 16.7. The molecule has 30 heavy (non-hydrogen) atoms. The maximum absolute atomic E-state index is 12.9. The van der Waals surface area contributed by atoms with E-state index in [1.165, 1.54) is 18.4 Å². The fourth-order valence-electron chi connectivity index (χ4n) is 4.38. The van der Waals surface area contributed by atoms with E-state index in [0.29, 0.717) is 23.9 Å².